The average molecular weight is 1680 g/mol. The molecule has 0 N–H and O–H groups in total. The number of nitrogens with zero attached hydrogens (tertiary/aromatic N) is 16. The predicted molar refractivity (Wildman–Crippen MR) is 515 cm³/mol. The van der Waals surface area contributed by atoms with Gasteiger partial charge in [0.15, 0.2) is 23.2 Å². The number of rotatable bonds is 18. The zero-order valence-corrected chi connectivity index (χ0v) is 70.1. The van der Waals surface area contributed by atoms with E-state index in [2.05, 4.69) is 112 Å². The van der Waals surface area contributed by atoms with Crippen LogP contribution in [0.3, 0.4) is 0 Å². The molecule has 21 aromatic rings. The van der Waals surface area contributed by atoms with Crippen molar-refractivity contribution in [1.29, 1.82) is 0 Å². The highest BCUT2D eigenvalue weighted by Gasteiger charge is 2.20. The van der Waals surface area contributed by atoms with E-state index in [0.29, 0.717) is 51.6 Å². The number of benzene rings is 9. The molecule has 21 rings (SSSR count). The van der Waals surface area contributed by atoms with Crippen molar-refractivity contribution < 1.29 is 4.39 Å². The summed E-state index contributed by atoms with van der Waals surface area (Å²) in [4.78, 5) is 75.9. The summed E-state index contributed by atoms with van der Waals surface area (Å²) in [7, 11) is 0. The van der Waals surface area contributed by atoms with Crippen LogP contribution in [0, 0.1) is 19.3 Å². The number of hydrogen-bond donors (Lipinski definition) is 0. The highest BCUT2D eigenvalue weighted by molar-refractivity contribution is 5.82. The minimum absolute atomic E-state index is 0.283. The van der Waals surface area contributed by atoms with E-state index in [-0.39, 0.29) is 5.82 Å². The number of pyridine rings is 9. The van der Waals surface area contributed by atoms with E-state index in [0.717, 1.165) is 157 Å². The first-order valence-corrected chi connectivity index (χ1v) is 42.1. The van der Waals surface area contributed by atoms with Gasteiger partial charge in [0.2, 0.25) is 0 Å². The van der Waals surface area contributed by atoms with Crippen LogP contribution in [0.25, 0.3) is 208 Å². The second-order valence-corrected chi connectivity index (χ2v) is 30.4. The third-order valence-corrected chi connectivity index (χ3v) is 21.6. The lowest BCUT2D eigenvalue weighted by atomic mass is 10.0. The summed E-state index contributed by atoms with van der Waals surface area (Å²) < 4.78 is 13.7. The van der Waals surface area contributed by atoms with Crippen molar-refractivity contribution in [3.8, 4) is 203 Å². The molecule has 130 heavy (non-hydrogen) atoms. The number of aryl methyl sites for hydroxylation is 1. The van der Waals surface area contributed by atoms with Gasteiger partial charge in [-0.15, -0.1) is 0 Å². The molecule has 0 aliphatic carbocycles. The summed E-state index contributed by atoms with van der Waals surface area (Å²) in [6.45, 7) is 9.38. The third kappa shape index (κ3) is 19.3. The van der Waals surface area contributed by atoms with Crippen molar-refractivity contribution >= 4 is 5.69 Å². The molecule has 0 bridgehead atoms. The smallest absolute Gasteiger partial charge is 0.187 e. The van der Waals surface area contributed by atoms with Crippen molar-refractivity contribution in [3.63, 3.8) is 0 Å². The number of halogens is 1. The first-order chi connectivity index (χ1) is 64.1. The normalized spacial score (nSPS) is 10.8. The van der Waals surface area contributed by atoms with Crippen LogP contribution >= 0.6 is 0 Å². The molecule has 0 radical (unpaired) electrons. The molecular formula is C113H75FN16. The third-order valence-electron chi connectivity index (χ3n) is 21.6. The van der Waals surface area contributed by atoms with Crippen molar-refractivity contribution in [1.82, 2.24) is 74.8 Å². The van der Waals surface area contributed by atoms with Crippen LogP contribution in [-0.4, -0.2) is 74.8 Å². The molecule has 614 valence electrons. The Hall–Kier alpha value is -18.0. The van der Waals surface area contributed by atoms with E-state index in [1.54, 1.807) is 43.1 Å². The number of hydrogen-bond acceptors (Lipinski definition) is 15. The zero-order chi connectivity index (χ0) is 87.7. The first-order valence-electron chi connectivity index (χ1n) is 42.1. The largest absolute Gasteiger partial charge is 0.255 e. The summed E-state index contributed by atoms with van der Waals surface area (Å²) in [5, 5.41) is 0. The van der Waals surface area contributed by atoms with Gasteiger partial charge in [-0.05, 0) is 180 Å². The average Bonchev–Trinajstić information content (AvgIpc) is 0.797. The van der Waals surface area contributed by atoms with Crippen LogP contribution in [0.5, 0.6) is 0 Å². The topological polar surface area (TPSA) is 198 Å². The van der Waals surface area contributed by atoms with E-state index >= 15 is 0 Å². The van der Waals surface area contributed by atoms with Crippen LogP contribution in [0.2, 0.25) is 0 Å². The SMILES string of the molecule is Cc1ccc(-c2cc(-c3ccccn3)nc(-c3ccc(-c4nc(-c5ccccc5)cc(-c5ccccc5)n4)cn3)c2)cc1.Fc1ccc(-c2cc(-c3ccccn3)nc(-c3ccc(-c4nc(-c5ccccc5)cc(-c5ccccc5)n4)cn3)c2)cc1.[C-]#[N+]c1ccc(-c2cc(-c3ccccn3)nc(-c3ccc(-c4nc(-c5ccccc5)cc(-c5ccccc5)n4)cn3)c2)cc1. The maximum Gasteiger partial charge on any atom is 0.187 e. The Labute approximate surface area is 750 Å². The zero-order valence-electron chi connectivity index (χ0n) is 70.1. The lowest BCUT2D eigenvalue weighted by Gasteiger charge is -2.11. The van der Waals surface area contributed by atoms with Gasteiger partial charge in [0.25, 0.3) is 0 Å². The fraction of sp³-hybridized carbons (Fsp3) is 0.00885. The summed E-state index contributed by atoms with van der Waals surface area (Å²) in [5.41, 5.74) is 30.2. The Kier molecular flexibility index (Phi) is 24.1. The van der Waals surface area contributed by atoms with Crippen molar-refractivity contribution in [2.75, 3.05) is 0 Å². The molecule has 0 fully saturated rings. The second-order valence-electron chi connectivity index (χ2n) is 30.4. The molecule has 9 aromatic carbocycles. The van der Waals surface area contributed by atoms with E-state index in [1.165, 1.54) is 17.7 Å². The fourth-order valence-electron chi connectivity index (χ4n) is 14.8. The van der Waals surface area contributed by atoms with Gasteiger partial charge in [-0.1, -0.05) is 266 Å². The van der Waals surface area contributed by atoms with Gasteiger partial charge < -0.3 is 0 Å². The van der Waals surface area contributed by atoms with E-state index in [9.17, 15) is 4.39 Å². The maximum absolute atomic E-state index is 13.7. The van der Waals surface area contributed by atoms with Crippen LogP contribution in [0.4, 0.5) is 10.1 Å². The Balaban J connectivity index is 0.000000126. The van der Waals surface area contributed by atoms with E-state index in [4.69, 9.17) is 66.4 Å². The molecule has 0 aliphatic heterocycles. The summed E-state index contributed by atoms with van der Waals surface area (Å²) in [6.07, 6.45) is 10.7. The first kappa shape index (κ1) is 81.6. The van der Waals surface area contributed by atoms with Crippen molar-refractivity contribution in [2.45, 2.75) is 6.92 Å². The molecular weight excluding hydrogens is 1600 g/mol. The molecule has 0 atom stereocenters. The molecule has 0 aliphatic rings. The lowest BCUT2D eigenvalue weighted by Crippen LogP contribution is -1.97. The number of aromatic nitrogens is 15. The van der Waals surface area contributed by atoms with Gasteiger partial charge >= 0.3 is 0 Å². The van der Waals surface area contributed by atoms with Crippen LogP contribution in [-0.2, 0) is 0 Å². The Morgan fingerprint density at radius 1 is 0.185 bits per heavy atom. The Morgan fingerprint density at radius 3 is 0.646 bits per heavy atom. The molecule has 0 saturated carbocycles. The molecule has 12 aromatic heterocycles. The van der Waals surface area contributed by atoms with Gasteiger partial charge in [0.1, 0.15) is 5.82 Å². The van der Waals surface area contributed by atoms with Crippen LogP contribution in [0.1, 0.15) is 5.56 Å². The van der Waals surface area contributed by atoms with Crippen molar-refractivity contribution in [3.05, 3.63) is 460 Å². The van der Waals surface area contributed by atoms with Gasteiger partial charge in [-0.2, -0.15) is 0 Å². The fourth-order valence-corrected chi connectivity index (χ4v) is 14.8. The van der Waals surface area contributed by atoms with Crippen LogP contribution < -0.4 is 0 Å². The predicted octanol–water partition coefficient (Wildman–Crippen LogP) is 27.0. The summed E-state index contributed by atoms with van der Waals surface area (Å²) in [6, 6.07) is 131. The van der Waals surface area contributed by atoms with Gasteiger partial charge in [-0.3, -0.25) is 29.9 Å². The lowest BCUT2D eigenvalue weighted by molar-refractivity contribution is 0.628. The van der Waals surface area contributed by atoms with Crippen molar-refractivity contribution in [2.24, 2.45) is 0 Å². The second kappa shape index (κ2) is 38.4. The molecule has 16 nitrogen and oxygen atoms in total. The standard InChI is InChI=1S/C38H24N6.C38H27N5.C37H24FN5/c1-39-31-18-15-26(16-19-31)30-22-36(32-14-8-9-21-40-32)42-37(23-30)33-20-17-29(25-41-33)38-43-34(27-10-4-2-5-11-27)24-35(44-38)28-12-6-3-7-13-28;1-26-15-17-27(18-16-26)31-22-36(32-14-8-9-21-39-32)41-37(23-31)33-20-19-30(25-40-33)38-42-34(28-10-4-2-5-11-28)24-35(43-38)29-12-6-3-7-13-29;38-30-17-14-25(15-18-30)29-21-35(31-13-7-8-20-39-31)41-36(22-29)32-19-16-28(24-40-32)37-42-33(26-9-3-1-4-10-26)23-34(43-37)27-11-5-2-6-12-27/h2-25H;2-25H,1H3;1-24H. The molecule has 0 amide bonds. The van der Waals surface area contributed by atoms with Crippen LogP contribution in [0.15, 0.2) is 438 Å². The van der Waals surface area contributed by atoms with E-state index < -0.39 is 0 Å². The summed E-state index contributed by atoms with van der Waals surface area (Å²) in [5.74, 6) is 1.52. The van der Waals surface area contributed by atoms with Gasteiger partial charge in [-0.25, -0.2) is 54.1 Å². The Morgan fingerprint density at radius 2 is 0.415 bits per heavy atom. The molecule has 0 unspecified atom stereocenters. The monoisotopic (exact) mass is 1670 g/mol. The quantitative estimate of drug-likeness (QED) is 0.0735. The minimum Gasteiger partial charge on any atom is -0.255 e. The Bertz CT molecular complexity index is 7040. The molecule has 0 saturated heterocycles. The summed E-state index contributed by atoms with van der Waals surface area (Å²) >= 11 is 0. The molecule has 17 heteroatoms. The van der Waals surface area contributed by atoms with Gasteiger partial charge in [0, 0.05) is 87.3 Å². The highest BCUT2D eigenvalue weighted by Crippen LogP contribution is 2.38. The van der Waals surface area contributed by atoms with Gasteiger partial charge in [0.05, 0.1) is 109 Å². The molecule has 0 spiro atoms. The molecule has 12 heterocycles. The maximum atomic E-state index is 13.7. The highest BCUT2D eigenvalue weighted by atomic mass is 19.1. The minimum atomic E-state index is -0.283. The van der Waals surface area contributed by atoms with E-state index in [1.807, 2.05) is 297 Å².